The molecule has 20 heavy (non-hydrogen) atoms. The average Bonchev–Trinajstić information content (AvgIpc) is 3.21. The lowest BCUT2D eigenvalue weighted by atomic mass is 9.75. The highest BCUT2D eigenvalue weighted by atomic mass is 32.2. The maximum absolute atomic E-state index is 12.2. The quantitative estimate of drug-likeness (QED) is 0.740. The molecule has 2 saturated heterocycles. The molecule has 1 aliphatic carbocycles. The van der Waals surface area contributed by atoms with Crippen molar-refractivity contribution in [3.05, 3.63) is 0 Å². The third-order valence-corrected chi connectivity index (χ3v) is 7.36. The van der Waals surface area contributed by atoms with Gasteiger partial charge in [0.25, 0.3) is 0 Å². The molecule has 7 heteroatoms. The van der Waals surface area contributed by atoms with Crippen LogP contribution >= 0.6 is 0 Å². The van der Waals surface area contributed by atoms with Gasteiger partial charge in [0, 0.05) is 19.5 Å². The summed E-state index contributed by atoms with van der Waals surface area (Å²) in [4.78, 5) is 0. The highest BCUT2D eigenvalue weighted by molar-refractivity contribution is 7.90. The fourth-order valence-corrected chi connectivity index (χ4v) is 5.20. The molecule has 0 amide bonds. The zero-order valence-corrected chi connectivity index (χ0v) is 12.6. The minimum Gasteiger partial charge on any atom is -0.387 e. The minimum absolute atomic E-state index is 0.197. The number of hydrogen-bond donors (Lipinski definition) is 2. The lowest BCUT2D eigenvalue weighted by Gasteiger charge is -2.51. The Morgan fingerprint density at radius 3 is 2.35 bits per heavy atom. The Balaban J connectivity index is 1.71. The Hall–Kier alpha value is -0.210. The van der Waals surface area contributed by atoms with Crippen LogP contribution in [0.3, 0.4) is 0 Å². The van der Waals surface area contributed by atoms with E-state index in [1.54, 1.807) is 6.92 Å². The largest absolute Gasteiger partial charge is 0.387 e. The monoisotopic (exact) mass is 305 g/mol. The molecule has 2 aliphatic heterocycles. The van der Waals surface area contributed by atoms with E-state index in [-0.39, 0.29) is 5.25 Å². The van der Waals surface area contributed by atoms with E-state index in [1.165, 1.54) is 4.31 Å². The standard InChI is InChI=1S/C13H23NO5S/c1-12(16)6-9-19-13(11(12)15)4-7-14(8-5-13)20(17,18)10-2-3-10/h10-11,15-16H,2-9H2,1H3/t11-,12+/m0/s1. The van der Waals surface area contributed by atoms with Crippen molar-refractivity contribution in [2.45, 2.75) is 61.6 Å². The van der Waals surface area contributed by atoms with E-state index in [1.807, 2.05) is 0 Å². The van der Waals surface area contributed by atoms with Crippen molar-refractivity contribution in [2.75, 3.05) is 19.7 Å². The van der Waals surface area contributed by atoms with E-state index in [2.05, 4.69) is 0 Å². The lowest BCUT2D eigenvalue weighted by Crippen LogP contribution is -2.64. The van der Waals surface area contributed by atoms with Crippen molar-refractivity contribution in [1.29, 1.82) is 0 Å². The summed E-state index contributed by atoms with van der Waals surface area (Å²) in [5, 5.41) is 20.4. The van der Waals surface area contributed by atoms with Crippen molar-refractivity contribution in [1.82, 2.24) is 4.31 Å². The van der Waals surface area contributed by atoms with Crippen molar-refractivity contribution in [3.63, 3.8) is 0 Å². The molecule has 0 radical (unpaired) electrons. The second-order valence-corrected chi connectivity index (χ2v) is 8.78. The van der Waals surface area contributed by atoms with Gasteiger partial charge in [-0.2, -0.15) is 0 Å². The van der Waals surface area contributed by atoms with Gasteiger partial charge in [-0.1, -0.05) is 0 Å². The first-order valence-corrected chi connectivity index (χ1v) is 8.82. The number of rotatable bonds is 2. The molecule has 0 unspecified atom stereocenters. The highest BCUT2D eigenvalue weighted by Gasteiger charge is 2.54. The normalized spacial score (nSPS) is 39.0. The van der Waals surface area contributed by atoms with Gasteiger partial charge in [0.1, 0.15) is 6.10 Å². The van der Waals surface area contributed by atoms with Gasteiger partial charge < -0.3 is 14.9 Å². The van der Waals surface area contributed by atoms with Gasteiger partial charge in [0.05, 0.1) is 23.1 Å². The summed E-state index contributed by atoms with van der Waals surface area (Å²) in [5.74, 6) is 0. The van der Waals surface area contributed by atoms with E-state index in [4.69, 9.17) is 4.74 Å². The van der Waals surface area contributed by atoms with Crippen LogP contribution < -0.4 is 0 Å². The fourth-order valence-electron chi connectivity index (χ4n) is 3.36. The van der Waals surface area contributed by atoms with Gasteiger partial charge in [-0.3, -0.25) is 0 Å². The maximum Gasteiger partial charge on any atom is 0.216 e. The van der Waals surface area contributed by atoms with Gasteiger partial charge in [-0.05, 0) is 32.6 Å². The second kappa shape index (κ2) is 4.64. The first-order chi connectivity index (χ1) is 9.28. The average molecular weight is 305 g/mol. The molecule has 6 nitrogen and oxygen atoms in total. The molecule has 2 N–H and O–H groups in total. The summed E-state index contributed by atoms with van der Waals surface area (Å²) in [6, 6.07) is 0. The van der Waals surface area contributed by atoms with Crippen LogP contribution in [0, 0.1) is 0 Å². The third-order valence-electron chi connectivity index (χ3n) is 4.96. The zero-order chi connectivity index (χ0) is 14.6. The summed E-state index contributed by atoms with van der Waals surface area (Å²) in [6.45, 7) is 2.76. The number of piperidine rings is 1. The highest BCUT2D eigenvalue weighted by Crippen LogP contribution is 2.41. The third kappa shape index (κ3) is 2.29. The van der Waals surface area contributed by atoms with Crippen LogP contribution in [0.25, 0.3) is 0 Å². The lowest BCUT2D eigenvalue weighted by molar-refractivity contribution is -0.243. The van der Waals surface area contributed by atoms with Crippen LogP contribution in [0.5, 0.6) is 0 Å². The molecule has 116 valence electrons. The van der Waals surface area contributed by atoms with E-state index in [0.29, 0.717) is 39.0 Å². The van der Waals surface area contributed by atoms with Crippen molar-refractivity contribution in [3.8, 4) is 0 Å². The van der Waals surface area contributed by atoms with Gasteiger partial charge in [-0.15, -0.1) is 0 Å². The molecule has 0 bridgehead atoms. The van der Waals surface area contributed by atoms with Crippen LogP contribution in [0.15, 0.2) is 0 Å². The number of nitrogens with zero attached hydrogens (tertiary/aromatic N) is 1. The molecule has 0 aromatic heterocycles. The minimum atomic E-state index is -3.16. The number of aliphatic hydroxyl groups excluding tert-OH is 1. The van der Waals surface area contributed by atoms with Gasteiger partial charge in [0.2, 0.25) is 10.0 Å². The number of aliphatic hydroxyl groups is 2. The number of sulfonamides is 1. The summed E-state index contributed by atoms with van der Waals surface area (Å²) >= 11 is 0. The van der Waals surface area contributed by atoms with Crippen LogP contribution in [-0.2, 0) is 14.8 Å². The predicted octanol–water partition coefficient (Wildman–Crippen LogP) is -0.155. The number of ether oxygens (including phenoxy) is 1. The van der Waals surface area contributed by atoms with Crippen LogP contribution in [-0.4, -0.2) is 65.2 Å². The van der Waals surface area contributed by atoms with Crippen LogP contribution in [0.4, 0.5) is 0 Å². The topological polar surface area (TPSA) is 87.1 Å². The Bertz CT molecular complexity index is 477. The summed E-state index contributed by atoms with van der Waals surface area (Å²) in [6.07, 6.45) is 1.84. The van der Waals surface area contributed by atoms with E-state index >= 15 is 0 Å². The molecule has 0 aromatic rings. The molecular weight excluding hydrogens is 282 g/mol. The van der Waals surface area contributed by atoms with E-state index < -0.39 is 27.3 Å². The molecule has 1 spiro atoms. The molecule has 3 fully saturated rings. The van der Waals surface area contributed by atoms with Crippen molar-refractivity contribution >= 4 is 10.0 Å². The van der Waals surface area contributed by atoms with Gasteiger partial charge in [0.15, 0.2) is 0 Å². The molecule has 0 aromatic carbocycles. The van der Waals surface area contributed by atoms with E-state index in [0.717, 1.165) is 12.8 Å². The Labute approximate surface area is 119 Å². The molecule has 3 aliphatic rings. The van der Waals surface area contributed by atoms with Crippen molar-refractivity contribution in [2.24, 2.45) is 0 Å². The molecule has 2 atom stereocenters. The Morgan fingerprint density at radius 1 is 1.20 bits per heavy atom. The van der Waals surface area contributed by atoms with E-state index in [9.17, 15) is 18.6 Å². The van der Waals surface area contributed by atoms with Crippen LogP contribution in [0.1, 0.15) is 39.0 Å². The Morgan fingerprint density at radius 2 is 1.80 bits per heavy atom. The van der Waals surface area contributed by atoms with Gasteiger partial charge >= 0.3 is 0 Å². The summed E-state index contributed by atoms with van der Waals surface area (Å²) in [5.41, 5.74) is -1.95. The molecule has 2 heterocycles. The Kier molecular flexibility index (Phi) is 3.42. The van der Waals surface area contributed by atoms with Crippen molar-refractivity contribution < 1.29 is 23.4 Å². The number of hydrogen-bond acceptors (Lipinski definition) is 5. The van der Waals surface area contributed by atoms with Crippen LogP contribution in [0.2, 0.25) is 0 Å². The molecule has 1 saturated carbocycles. The predicted molar refractivity (Wildman–Crippen MR) is 72.7 cm³/mol. The maximum atomic E-state index is 12.2. The smallest absolute Gasteiger partial charge is 0.216 e. The first kappa shape index (κ1) is 14.7. The summed E-state index contributed by atoms with van der Waals surface area (Å²) in [7, 11) is -3.16. The SMILES string of the molecule is C[C@@]1(O)CCOC2(CCN(S(=O)(=O)C3CC3)CC2)[C@H]1O. The second-order valence-electron chi connectivity index (χ2n) is 6.57. The molecular formula is C13H23NO5S. The fraction of sp³-hybridized carbons (Fsp3) is 1.00. The zero-order valence-electron chi connectivity index (χ0n) is 11.8. The van der Waals surface area contributed by atoms with Gasteiger partial charge in [-0.25, -0.2) is 12.7 Å². The first-order valence-electron chi connectivity index (χ1n) is 7.31. The summed E-state index contributed by atoms with van der Waals surface area (Å²) < 4.78 is 31.7. The molecule has 3 rings (SSSR count).